The molecule has 0 fully saturated rings. The average molecular weight is 414 g/mol. The van der Waals surface area contributed by atoms with Crippen LogP contribution in [0, 0.1) is 0 Å². The highest BCUT2D eigenvalue weighted by molar-refractivity contribution is 5.93. The lowest BCUT2D eigenvalue weighted by molar-refractivity contribution is 0.474. The number of hydrogen-bond acceptors (Lipinski definition) is 4. The van der Waals surface area contributed by atoms with Crippen LogP contribution in [0.25, 0.3) is 55.7 Å². The normalized spacial score (nSPS) is 11.2. The molecule has 0 amide bonds. The van der Waals surface area contributed by atoms with E-state index in [1.54, 1.807) is 18.2 Å². The van der Waals surface area contributed by atoms with Gasteiger partial charge in [0, 0.05) is 22.7 Å². The Labute approximate surface area is 184 Å². The number of nitrogens with zero attached hydrogens (tertiary/aromatic N) is 2. The largest absolute Gasteiger partial charge is 0.507 e. The first-order valence-corrected chi connectivity index (χ1v) is 10.4. The Morgan fingerprint density at radius 2 is 1.41 bits per heavy atom. The molecule has 0 aliphatic heterocycles. The van der Waals surface area contributed by atoms with E-state index in [0.29, 0.717) is 17.0 Å². The average Bonchev–Trinajstić information content (AvgIpc) is 3.28. The minimum Gasteiger partial charge on any atom is -0.507 e. The summed E-state index contributed by atoms with van der Waals surface area (Å²) >= 11 is 0. The fourth-order valence-corrected chi connectivity index (χ4v) is 4.04. The Morgan fingerprint density at radius 3 is 2.31 bits per heavy atom. The van der Waals surface area contributed by atoms with Crippen molar-refractivity contribution >= 4 is 21.9 Å². The Bertz CT molecular complexity index is 1600. The van der Waals surface area contributed by atoms with Crippen molar-refractivity contribution in [2.45, 2.75) is 0 Å². The summed E-state index contributed by atoms with van der Waals surface area (Å²) in [6.45, 7) is 0. The van der Waals surface area contributed by atoms with Gasteiger partial charge in [0.25, 0.3) is 0 Å². The highest BCUT2D eigenvalue weighted by atomic mass is 16.3. The summed E-state index contributed by atoms with van der Waals surface area (Å²) < 4.78 is 5.98. The van der Waals surface area contributed by atoms with Crippen LogP contribution in [0.3, 0.4) is 0 Å². The van der Waals surface area contributed by atoms with E-state index in [4.69, 9.17) is 9.40 Å². The molecular formula is C28H18N2O2. The van der Waals surface area contributed by atoms with E-state index >= 15 is 0 Å². The van der Waals surface area contributed by atoms with Gasteiger partial charge in [0.05, 0.1) is 11.3 Å². The van der Waals surface area contributed by atoms with Gasteiger partial charge in [-0.2, -0.15) is 0 Å². The van der Waals surface area contributed by atoms with Gasteiger partial charge >= 0.3 is 0 Å². The van der Waals surface area contributed by atoms with Crippen LogP contribution >= 0.6 is 0 Å². The quantitative estimate of drug-likeness (QED) is 0.336. The summed E-state index contributed by atoms with van der Waals surface area (Å²) in [5, 5.41) is 12.5. The molecule has 4 aromatic carbocycles. The first-order chi connectivity index (χ1) is 15.8. The topological polar surface area (TPSA) is 59.2 Å². The van der Waals surface area contributed by atoms with Crippen molar-refractivity contribution in [1.82, 2.24) is 9.97 Å². The Morgan fingerprint density at radius 1 is 0.656 bits per heavy atom. The highest BCUT2D eigenvalue weighted by Gasteiger charge is 2.15. The minimum atomic E-state index is 0.144. The first-order valence-electron chi connectivity index (χ1n) is 10.4. The molecule has 0 spiro atoms. The summed E-state index contributed by atoms with van der Waals surface area (Å²) in [6, 6.07) is 31.6. The Hall–Kier alpha value is -4.44. The fraction of sp³-hybridized carbons (Fsp3) is 0. The summed E-state index contributed by atoms with van der Waals surface area (Å²) in [5.41, 5.74) is 5.96. The smallest absolute Gasteiger partial charge is 0.231 e. The Kier molecular flexibility index (Phi) is 4.22. The van der Waals surface area contributed by atoms with Crippen LogP contribution in [-0.2, 0) is 0 Å². The van der Waals surface area contributed by atoms with E-state index < -0.39 is 0 Å². The molecule has 0 radical (unpaired) electrons. The van der Waals surface area contributed by atoms with E-state index in [-0.39, 0.29) is 5.75 Å². The molecule has 2 aromatic heterocycles. The molecule has 2 heterocycles. The lowest BCUT2D eigenvalue weighted by atomic mass is 10.00. The van der Waals surface area contributed by atoms with Crippen molar-refractivity contribution in [2.24, 2.45) is 0 Å². The zero-order valence-electron chi connectivity index (χ0n) is 17.1. The molecule has 4 nitrogen and oxygen atoms in total. The van der Waals surface area contributed by atoms with Gasteiger partial charge in [0.1, 0.15) is 11.3 Å². The van der Waals surface area contributed by atoms with Crippen molar-refractivity contribution in [3.8, 4) is 39.6 Å². The van der Waals surface area contributed by atoms with Crippen LogP contribution in [0.5, 0.6) is 5.75 Å². The molecule has 6 rings (SSSR count). The second-order valence-electron chi connectivity index (χ2n) is 7.69. The van der Waals surface area contributed by atoms with Crippen molar-refractivity contribution < 1.29 is 9.52 Å². The monoisotopic (exact) mass is 414 g/mol. The molecule has 4 heteroatoms. The molecule has 0 saturated carbocycles. The van der Waals surface area contributed by atoms with E-state index in [2.05, 4.69) is 41.4 Å². The first kappa shape index (κ1) is 18.3. The lowest BCUT2D eigenvalue weighted by Crippen LogP contribution is -1.86. The molecule has 0 aliphatic carbocycles. The minimum absolute atomic E-state index is 0.144. The third kappa shape index (κ3) is 3.10. The molecule has 1 N–H and O–H groups in total. The number of oxazole rings is 1. The molecule has 0 saturated heterocycles. The number of phenols is 1. The molecule has 0 atom stereocenters. The van der Waals surface area contributed by atoms with Crippen molar-refractivity contribution in [2.75, 3.05) is 0 Å². The summed E-state index contributed by atoms with van der Waals surface area (Å²) in [7, 11) is 0. The summed E-state index contributed by atoms with van der Waals surface area (Å²) in [4.78, 5) is 9.39. The second kappa shape index (κ2) is 7.36. The number of rotatable bonds is 3. The van der Waals surface area contributed by atoms with Gasteiger partial charge in [-0.1, -0.05) is 66.7 Å². The third-order valence-electron chi connectivity index (χ3n) is 5.65. The van der Waals surface area contributed by atoms with Crippen LogP contribution in [0.1, 0.15) is 0 Å². The predicted octanol–water partition coefficient (Wildman–Crippen LogP) is 7.08. The highest BCUT2D eigenvalue weighted by Crippen LogP contribution is 2.35. The van der Waals surface area contributed by atoms with Gasteiger partial charge in [-0.05, 0) is 41.3 Å². The van der Waals surface area contributed by atoms with Crippen LogP contribution in [-0.4, -0.2) is 15.1 Å². The van der Waals surface area contributed by atoms with Gasteiger partial charge in [0.15, 0.2) is 5.58 Å². The van der Waals surface area contributed by atoms with Crippen LogP contribution in [0.2, 0.25) is 0 Å². The molecule has 152 valence electrons. The molecule has 0 aliphatic rings. The molecule has 6 aromatic rings. The molecular weight excluding hydrogens is 396 g/mol. The molecule has 0 bridgehead atoms. The summed E-state index contributed by atoms with van der Waals surface area (Å²) in [6.07, 6.45) is 1.91. The van der Waals surface area contributed by atoms with Gasteiger partial charge in [0.2, 0.25) is 5.89 Å². The zero-order chi connectivity index (χ0) is 21.5. The number of aromatic hydroxyl groups is 1. The maximum atomic E-state index is 10.2. The SMILES string of the molecule is Oc1ccccc1-c1nc2c(-c3cccc(-c4cc5ccccc5cn4)c3)cccc2o1. The number of aromatic nitrogens is 2. The van der Waals surface area contributed by atoms with Gasteiger partial charge in [-0.3, -0.25) is 4.98 Å². The Balaban J connectivity index is 1.47. The number of pyridine rings is 1. The van der Waals surface area contributed by atoms with Crippen molar-refractivity contribution in [3.05, 3.63) is 103 Å². The maximum Gasteiger partial charge on any atom is 0.231 e. The maximum absolute atomic E-state index is 10.2. The lowest BCUT2D eigenvalue weighted by Gasteiger charge is -2.07. The fourth-order valence-electron chi connectivity index (χ4n) is 4.04. The second-order valence-corrected chi connectivity index (χ2v) is 7.69. The summed E-state index contributed by atoms with van der Waals surface area (Å²) in [5.74, 6) is 0.544. The van der Waals surface area contributed by atoms with Gasteiger partial charge in [-0.25, -0.2) is 4.98 Å². The van der Waals surface area contributed by atoms with Crippen LogP contribution in [0.15, 0.2) is 108 Å². The number of fused-ring (bicyclic) bond motifs is 2. The van der Waals surface area contributed by atoms with Crippen LogP contribution < -0.4 is 0 Å². The van der Waals surface area contributed by atoms with Crippen molar-refractivity contribution in [3.63, 3.8) is 0 Å². The van der Waals surface area contributed by atoms with E-state index in [0.717, 1.165) is 38.7 Å². The third-order valence-corrected chi connectivity index (χ3v) is 5.65. The van der Waals surface area contributed by atoms with Crippen LogP contribution in [0.4, 0.5) is 0 Å². The van der Waals surface area contributed by atoms with E-state index in [1.165, 1.54) is 0 Å². The number of hydrogen-bond donors (Lipinski definition) is 1. The number of phenolic OH excluding ortho intramolecular Hbond substituents is 1. The predicted molar refractivity (Wildman–Crippen MR) is 127 cm³/mol. The number of para-hydroxylation sites is 2. The van der Waals surface area contributed by atoms with E-state index in [9.17, 15) is 5.11 Å². The molecule has 32 heavy (non-hydrogen) atoms. The number of benzene rings is 4. The van der Waals surface area contributed by atoms with Crippen molar-refractivity contribution in [1.29, 1.82) is 0 Å². The van der Waals surface area contributed by atoms with Gasteiger partial charge in [-0.15, -0.1) is 0 Å². The standard InChI is InChI=1S/C28H18N2O2/c31-25-13-4-3-11-23(25)28-30-27-22(12-6-14-26(27)32-28)19-9-5-10-20(15-19)24-16-18-7-1-2-8-21(18)17-29-24/h1-17,31H. The zero-order valence-corrected chi connectivity index (χ0v) is 17.1. The van der Waals surface area contributed by atoms with Gasteiger partial charge < -0.3 is 9.52 Å². The van der Waals surface area contributed by atoms with E-state index in [1.807, 2.05) is 48.7 Å². The molecule has 0 unspecified atom stereocenters.